The van der Waals surface area contributed by atoms with E-state index >= 15 is 0 Å². The Hall–Kier alpha value is -2.60. The van der Waals surface area contributed by atoms with Crippen molar-refractivity contribution in [1.82, 2.24) is 19.9 Å². The Morgan fingerprint density at radius 2 is 1.92 bits per heavy atom. The van der Waals surface area contributed by atoms with E-state index in [1.807, 2.05) is 49.5 Å². The second-order valence-electron chi connectivity index (χ2n) is 5.94. The maximum atomic E-state index is 12.4. The molecule has 2 heterocycles. The highest BCUT2D eigenvalue weighted by molar-refractivity contribution is 7.99. The van der Waals surface area contributed by atoms with Crippen LogP contribution < -0.4 is 5.32 Å². The highest BCUT2D eigenvalue weighted by atomic mass is 32.2. The number of amides is 1. The zero-order chi connectivity index (χ0) is 18.2. The molecule has 1 atom stereocenters. The second-order valence-corrected chi connectivity index (χ2v) is 6.94. The van der Waals surface area contributed by atoms with Crippen LogP contribution in [0.15, 0.2) is 72.1 Å². The highest BCUT2D eigenvalue weighted by Crippen LogP contribution is 2.19. The molecule has 0 radical (unpaired) electrons. The molecule has 0 saturated heterocycles. The molecule has 1 amide bonds. The second kappa shape index (κ2) is 9.20. The molecule has 0 bridgehead atoms. The molecule has 3 rings (SSSR count). The van der Waals surface area contributed by atoms with Crippen LogP contribution in [0.3, 0.4) is 0 Å². The van der Waals surface area contributed by atoms with E-state index in [1.165, 1.54) is 11.8 Å². The van der Waals surface area contributed by atoms with Gasteiger partial charge in [0, 0.05) is 25.1 Å². The van der Waals surface area contributed by atoms with E-state index in [4.69, 9.17) is 0 Å². The van der Waals surface area contributed by atoms with E-state index in [9.17, 15) is 4.79 Å². The van der Waals surface area contributed by atoms with Crippen molar-refractivity contribution in [2.24, 2.45) is 0 Å². The molecule has 0 unspecified atom stereocenters. The van der Waals surface area contributed by atoms with Gasteiger partial charge in [0.1, 0.15) is 5.82 Å². The third kappa shape index (κ3) is 5.20. The first-order valence-electron chi connectivity index (χ1n) is 8.58. The van der Waals surface area contributed by atoms with Crippen molar-refractivity contribution in [3.05, 3.63) is 78.5 Å². The topological polar surface area (TPSA) is 59.8 Å². The summed E-state index contributed by atoms with van der Waals surface area (Å²) in [6, 6.07) is 15.8. The first kappa shape index (κ1) is 18.2. The van der Waals surface area contributed by atoms with Crippen LogP contribution in [-0.4, -0.2) is 26.2 Å². The van der Waals surface area contributed by atoms with Gasteiger partial charge in [-0.25, -0.2) is 9.97 Å². The Balaban J connectivity index is 1.61. The number of nitrogens with zero attached hydrogens (tertiary/aromatic N) is 3. The van der Waals surface area contributed by atoms with Crippen LogP contribution in [0, 0.1) is 6.92 Å². The van der Waals surface area contributed by atoms with E-state index in [0.717, 1.165) is 29.4 Å². The van der Waals surface area contributed by atoms with E-state index in [2.05, 4.69) is 32.0 Å². The molecule has 6 heteroatoms. The van der Waals surface area contributed by atoms with Gasteiger partial charge in [0.05, 0.1) is 16.8 Å². The molecule has 0 spiro atoms. The summed E-state index contributed by atoms with van der Waals surface area (Å²) in [6.45, 7) is 2.79. The fourth-order valence-corrected chi connectivity index (χ4v) is 3.40. The summed E-state index contributed by atoms with van der Waals surface area (Å²) < 4.78 is 2.10. The van der Waals surface area contributed by atoms with Crippen LogP contribution in [0.1, 0.15) is 23.9 Å². The summed E-state index contributed by atoms with van der Waals surface area (Å²) in [6.07, 6.45) is 6.31. The molecule has 134 valence electrons. The minimum absolute atomic E-state index is 0.0110. The number of hydrogen-bond donors (Lipinski definition) is 1. The summed E-state index contributed by atoms with van der Waals surface area (Å²) in [4.78, 5) is 20.9. The molecule has 2 aromatic heterocycles. The van der Waals surface area contributed by atoms with Crippen LogP contribution >= 0.6 is 11.8 Å². The number of benzene rings is 1. The number of imidazole rings is 1. The molecule has 0 aliphatic carbocycles. The molecule has 3 aromatic rings. The van der Waals surface area contributed by atoms with Gasteiger partial charge in [-0.15, -0.1) is 0 Å². The molecule has 0 aliphatic heterocycles. The van der Waals surface area contributed by atoms with Crippen LogP contribution in [0.4, 0.5) is 0 Å². The minimum Gasteiger partial charge on any atom is -0.349 e. The van der Waals surface area contributed by atoms with Crippen molar-refractivity contribution in [3.63, 3.8) is 0 Å². The molecular formula is C20H22N4OS. The van der Waals surface area contributed by atoms with Gasteiger partial charge in [-0.05, 0) is 31.0 Å². The number of hydrogen-bond acceptors (Lipinski definition) is 4. The number of thioether (sulfide) groups is 1. The molecule has 26 heavy (non-hydrogen) atoms. The SMILES string of the molecule is Cc1nccn1CC[C@H](NC(=O)CSc1ccccn1)c1ccccc1. The number of rotatable bonds is 8. The smallest absolute Gasteiger partial charge is 0.230 e. The van der Waals surface area contributed by atoms with Crippen molar-refractivity contribution >= 4 is 17.7 Å². The average Bonchev–Trinajstić information content (AvgIpc) is 3.10. The monoisotopic (exact) mass is 366 g/mol. The van der Waals surface area contributed by atoms with Gasteiger partial charge in [0.15, 0.2) is 0 Å². The molecule has 0 fully saturated rings. The van der Waals surface area contributed by atoms with Gasteiger partial charge in [0.25, 0.3) is 0 Å². The molecule has 0 saturated carbocycles. The summed E-state index contributed by atoms with van der Waals surface area (Å²) in [5.74, 6) is 1.34. The normalized spacial score (nSPS) is 11.9. The Kier molecular flexibility index (Phi) is 6.44. The predicted molar refractivity (Wildman–Crippen MR) is 104 cm³/mol. The maximum Gasteiger partial charge on any atom is 0.230 e. The van der Waals surface area contributed by atoms with Crippen LogP contribution in [0.5, 0.6) is 0 Å². The van der Waals surface area contributed by atoms with Crippen molar-refractivity contribution in [1.29, 1.82) is 0 Å². The number of aryl methyl sites for hydroxylation is 2. The lowest BCUT2D eigenvalue weighted by Crippen LogP contribution is -2.30. The van der Waals surface area contributed by atoms with Crippen molar-refractivity contribution in [2.75, 3.05) is 5.75 Å². The lowest BCUT2D eigenvalue weighted by Gasteiger charge is -2.20. The number of aromatic nitrogens is 3. The zero-order valence-electron chi connectivity index (χ0n) is 14.7. The van der Waals surface area contributed by atoms with E-state index in [1.54, 1.807) is 12.4 Å². The first-order chi connectivity index (χ1) is 12.7. The van der Waals surface area contributed by atoms with Gasteiger partial charge >= 0.3 is 0 Å². The van der Waals surface area contributed by atoms with Crippen molar-refractivity contribution in [3.8, 4) is 0 Å². The van der Waals surface area contributed by atoms with Crippen LogP contribution in [0.25, 0.3) is 0 Å². The third-order valence-corrected chi connectivity index (χ3v) is 5.05. The summed E-state index contributed by atoms with van der Waals surface area (Å²) in [5.41, 5.74) is 1.11. The van der Waals surface area contributed by atoms with Gasteiger partial charge in [-0.1, -0.05) is 48.2 Å². The maximum absolute atomic E-state index is 12.4. The number of carbonyl (C=O) groups is 1. The fourth-order valence-electron chi connectivity index (χ4n) is 2.72. The van der Waals surface area contributed by atoms with Crippen LogP contribution in [0.2, 0.25) is 0 Å². The highest BCUT2D eigenvalue weighted by Gasteiger charge is 2.15. The van der Waals surface area contributed by atoms with Gasteiger partial charge < -0.3 is 9.88 Å². The summed E-state index contributed by atoms with van der Waals surface area (Å²) >= 11 is 1.45. The van der Waals surface area contributed by atoms with Crippen molar-refractivity contribution in [2.45, 2.75) is 31.0 Å². The van der Waals surface area contributed by atoms with E-state index < -0.39 is 0 Å². The lowest BCUT2D eigenvalue weighted by atomic mass is 10.0. The van der Waals surface area contributed by atoms with Crippen LogP contribution in [-0.2, 0) is 11.3 Å². The Labute approximate surface area is 157 Å². The Bertz CT molecular complexity index is 820. The predicted octanol–water partition coefficient (Wildman–Crippen LogP) is 3.63. The minimum atomic E-state index is -0.0326. The van der Waals surface area contributed by atoms with Gasteiger partial charge in [0.2, 0.25) is 5.91 Å². The van der Waals surface area contributed by atoms with Crippen molar-refractivity contribution < 1.29 is 4.79 Å². The number of nitrogens with one attached hydrogen (secondary N) is 1. The zero-order valence-corrected chi connectivity index (χ0v) is 15.5. The lowest BCUT2D eigenvalue weighted by molar-refractivity contribution is -0.119. The molecule has 1 N–H and O–H groups in total. The van der Waals surface area contributed by atoms with E-state index in [0.29, 0.717) is 5.75 Å². The third-order valence-electron chi connectivity index (χ3n) is 4.11. The molecule has 0 aliphatic rings. The molecular weight excluding hydrogens is 344 g/mol. The van der Waals surface area contributed by atoms with Gasteiger partial charge in [-0.2, -0.15) is 0 Å². The Morgan fingerprint density at radius 3 is 2.62 bits per heavy atom. The average molecular weight is 366 g/mol. The number of carbonyl (C=O) groups excluding carboxylic acids is 1. The Morgan fingerprint density at radius 1 is 1.12 bits per heavy atom. The molecule has 1 aromatic carbocycles. The standard InChI is InChI=1S/C20H22N4OS/c1-16-21-12-14-24(16)13-10-18(17-7-3-2-4-8-17)23-19(25)15-26-20-9-5-6-11-22-20/h2-9,11-12,14,18H,10,13,15H2,1H3,(H,23,25)/t18-/m0/s1. The van der Waals surface area contributed by atoms with Gasteiger partial charge in [-0.3, -0.25) is 4.79 Å². The fraction of sp³-hybridized carbons (Fsp3) is 0.250. The first-order valence-corrected chi connectivity index (χ1v) is 9.57. The quantitative estimate of drug-likeness (QED) is 0.619. The molecule has 5 nitrogen and oxygen atoms in total. The largest absolute Gasteiger partial charge is 0.349 e. The summed E-state index contributed by atoms with van der Waals surface area (Å²) in [7, 11) is 0. The summed E-state index contributed by atoms with van der Waals surface area (Å²) in [5, 5.41) is 4.02. The van der Waals surface area contributed by atoms with E-state index in [-0.39, 0.29) is 11.9 Å². The number of pyridine rings is 1.